The second kappa shape index (κ2) is 12.3. The van der Waals surface area contributed by atoms with Gasteiger partial charge in [0.1, 0.15) is 27.2 Å². The Labute approximate surface area is 202 Å². The number of halogens is 2. The molecule has 0 heterocycles. The van der Waals surface area contributed by atoms with E-state index in [1.807, 2.05) is 6.92 Å². The molecule has 0 bridgehead atoms. The van der Waals surface area contributed by atoms with Crippen molar-refractivity contribution in [1.29, 1.82) is 0 Å². The van der Waals surface area contributed by atoms with E-state index < -0.39 is 17.7 Å². The van der Waals surface area contributed by atoms with Crippen LogP contribution in [0.4, 0.5) is 11.4 Å². The van der Waals surface area contributed by atoms with E-state index in [0.29, 0.717) is 30.5 Å². The number of anilines is 1. The lowest BCUT2D eigenvalue weighted by Gasteiger charge is -2.15. The number of hydrogen-bond donors (Lipinski definition) is 1. The highest BCUT2D eigenvalue weighted by Gasteiger charge is 2.25. The van der Waals surface area contributed by atoms with E-state index in [4.69, 9.17) is 42.1 Å². The predicted molar refractivity (Wildman–Crippen MR) is 126 cm³/mol. The maximum atomic E-state index is 12.8. The Morgan fingerprint density at radius 2 is 1.70 bits per heavy atom. The average molecular weight is 498 g/mol. The molecule has 33 heavy (non-hydrogen) atoms. The van der Waals surface area contributed by atoms with Gasteiger partial charge in [-0.15, -0.1) is 0 Å². The highest BCUT2D eigenvalue weighted by molar-refractivity contribution is 6.35. The van der Waals surface area contributed by atoms with Crippen LogP contribution in [-0.2, 0) is 9.59 Å². The smallest absolute Gasteiger partial charge is 0.258 e. The molecule has 0 radical (unpaired) electrons. The van der Waals surface area contributed by atoms with Crippen LogP contribution in [0.3, 0.4) is 0 Å². The fraction of sp³-hybridized carbons (Fsp3) is 0.364. The standard InChI is InChI=1S/C22H25Cl2N3O6/c1-6-32-13-10-15(18(23)17(11-13)33-7-2)26-27-20(12(3)28)22(29)25-14-8-9-16(30-4)21(31-5)19(14)24/h8-11,20H,6-7H2,1-5H3,(H,25,29). The van der Waals surface area contributed by atoms with E-state index in [2.05, 4.69) is 15.5 Å². The Hall–Kier alpha value is -3.04. The largest absolute Gasteiger partial charge is 0.494 e. The summed E-state index contributed by atoms with van der Waals surface area (Å²) < 4.78 is 21.4. The van der Waals surface area contributed by atoms with Gasteiger partial charge in [0.05, 0.1) is 33.1 Å². The van der Waals surface area contributed by atoms with Gasteiger partial charge in [-0.05, 0) is 32.9 Å². The second-order valence-electron chi connectivity index (χ2n) is 6.50. The number of nitrogens with one attached hydrogen (secondary N) is 1. The molecule has 2 rings (SSSR count). The maximum Gasteiger partial charge on any atom is 0.258 e. The number of benzene rings is 2. The molecule has 9 nitrogen and oxygen atoms in total. The van der Waals surface area contributed by atoms with Crippen LogP contribution in [-0.4, -0.2) is 45.2 Å². The topological polar surface area (TPSA) is 108 Å². The molecule has 0 aromatic heterocycles. The lowest BCUT2D eigenvalue weighted by atomic mass is 10.2. The fourth-order valence-corrected chi connectivity index (χ4v) is 3.25. The number of methoxy groups -OCH3 is 2. The first-order chi connectivity index (χ1) is 15.8. The summed E-state index contributed by atoms with van der Waals surface area (Å²) in [5.41, 5.74) is 0.407. The predicted octanol–water partition coefficient (Wildman–Crippen LogP) is 5.49. The van der Waals surface area contributed by atoms with Crippen molar-refractivity contribution >= 4 is 46.3 Å². The van der Waals surface area contributed by atoms with E-state index in [0.717, 1.165) is 0 Å². The van der Waals surface area contributed by atoms with Crippen molar-refractivity contribution in [2.24, 2.45) is 10.2 Å². The van der Waals surface area contributed by atoms with Crippen molar-refractivity contribution in [3.8, 4) is 23.0 Å². The number of hydrogen-bond acceptors (Lipinski definition) is 8. The van der Waals surface area contributed by atoms with Crippen LogP contribution in [0.25, 0.3) is 0 Å². The van der Waals surface area contributed by atoms with Gasteiger partial charge in [0.2, 0.25) is 6.04 Å². The molecule has 0 fully saturated rings. The molecule has 1 N–H and O–H groups in total. The Morgan fingerprint density at radius 1 is 1.00 bits per heavy atom. The summed E-state index contributed by atoms with van der Waals surface area (Å²) in [6.07, 6.45) is 0. The third-order valence-corrected chi connectivity index (χ3v) is 5.02. The zero-order valence-corrected chi connectivity index (χ0v) is 20.4. The van der Waals surface area contributed by atoms with Crippen LogP contribution >= 0.6 is 23.2 Å². The zero-order valence-electron chi connectivity index (χ0n) is 18.9. The van der Waals surface area contributed by atoms with Crippen LogP contribution in [0, 0.1) is 0 Å². The molecule has 178 valence electrons. The molecule has 1 amide bonds. The van der Waals surface area contributed by atoms with Crippen molar-refractivity contribution < 1.29 is 28.5 Å². The molecule has 11 heteroatoms. The van der Waals surface area contributed by atoms with Crippen molar-refractivity contribution in [3.05, 3.63) is 34.3 Å². The number of ketones is 1. The Bertz CT molecular complexity index is 1050. The highest BCUT2D eigenvalue weighted by atomic mass is 35.5. The Balaban J connectivity index is 2.35. The van der Waals surface area contributed by atoms with Gasteiger partial charge < -0.3 is 24.3 Å². The zero-order chi connectivity index (χ0) is 24.5. The summed E-state index contributed by atoms with van der Waals surface area (Å²) in [5.74, 6) is 0.163. The first-order valence-corrected chi connectivity index (χ1v) is 10.7. The maximum absolute atomic E-state index is 12.8. The molecular weight excluding hydrogens is 473 g/mol. The lowest BCUT2D eigenvalue weighted by Crippen LogP contribution is -2.32. The van der Waals surface area contributed by atoms with Gasteiger partial charge in [0.15, 0.2) is 17.3 Å². The molecule has 0 saturated carbocycles. The van der Waals surface area contributed by atoms with Crippen molar-refractivity contribution in [3.63, 3.8) is 0 Å². The summed E-state index contributed by atoms with van der Waals surface area (Å²) in [6.45, 7) is 5.64. The lowest BCUT2D eigenvalue weighted by molar-refractivity contribution is -0.126. The first kappa shape index (κ1) is 26.2. The summed E-state index contributed by atoms with van der Waals surface area (Å²) in [7, 11) is 2.87. The number of ether oxygens (including phenoxy) is 4. The van der Waals surface area contributed by atoms with Gasteiger partial charge >= 0.3 is 0 Å². The Morgan fingerprint density at radius 3 is 2.27 bits per heavy atom. The summed E-state index contributed by atoms with van der Waals surface area (Å²) in [5, 5.41) is 10.8. The van der Waals surface area contributed by atoms with E-state index in [9.17, 15) is 9.59 Å². The number of amides is 1. The minimum absolute atomic E-state index is 0.109. The quantitative estimate of drug-likeness (QED) is 0.324. The minimum atomic E-state index is -1.45. The first-order valence-electron chi connectivity index (χ1n) is 9.99. The summed E-state index contributed by atoms with van der Waals surface area (Å²) >= 11 is 12.7. The van der Waals surface area contributed by atoms with Gasteiger partial charge in [0, 0.05) is 12.1 Å². The third kappa shape index (κ3) is 6.49. The van der Waals surface area contributed by atoms with Gasteiger partial charge in [-0.1, -0.05) is 23.2 Å². The number of azo groups is 1. The van der Waals surface area contributed by atoms with Crippen LogP contribution in [0.1, 0.15) is 20.8 Å². The van der Waals surface area contributed by atoms with E-state index in [1.165, 1.54) is 33.3 Å². The van der Waals surface area contributed by atoms with Crippen LogP contribution < -0.4 is 24.3 Å². The molecule has 2 aromatic rings. The van der Waals surface area contributed by atoms with Crippen molar-refractivity contribution in [2.45, 2.75) is 26.8 Å². The van der Waals surface area contributed by atoms with Gasteiger partial charge in [0.25, 0.3) is 5.91 Å². The molecule has 0 spiro atoms. The fourth-order valence-electron chi connectivity index (χ4n) is 2.77. The normalized spacial score (nSPS) is 11.7. The van der Waals surface area contributed by atoms with E-state index in [1.54, 1.807) is 19.1 Å². The molecule has 0 aliphatic heterocycles. The van der Waals surface area contributed by atoms with Crippen LogP contribution in [0.2, 0.25) is 10.0 Å². The summed E-state index contributed by atoms with van der Waals surface area (Å²) in [6, 6.07) is 4.81. The van der Waals surface area contributed by atoms with Crippen LogP contribution in [0.5, 0.6) is 23.0 Å². The SMILES string of the molecule is CCOc1cc(N=NC(C(C)=O)C(=O)Nc2ccc(OC)c(OC)c2Cl)c(Cl)c(OCC)c1. The number of rotatable bonds is 11. The molecule has 0 saturated heterocycles. The van der Waals surface area contributed by atoms with Crippen molar-refractivity contribution in [2.75, 3.05) is 32.8 Å². The van der Waals surface area contributed by atoms with E-state index >= 15 is 0 Å². The van der Waals surface area contributed by atoms with E-state index in [-0.39, 0.29) is 27.2 Å². The number of nitrogens with zero attached hydrogens (tertiary/aromatic N) is 2. The number of carbonyl (C=O) groups excluding carboxylic acids is 2. The van der Waals surface area contributed by atoms with Gasteiger partial charge in [-0.2, -0.15) is 10.2 Å². The highest BCUT2D eigenvalue weighted by Crippen LogP contribution is 2.41. The van der Waals surface area contributed by atoms with Crippen LogP contribution in [0.15, 0.2) is 34.5 Å². The molecular formula is C22H25Cl2N3O6. The molecule has 0 aliphatic carbocycles. The molecule has 1 atom stereocenters. The molecule has 1 unspecified atom stereocenters. The van der Waals surface area contributed by atoms with Crippen molar-refractivity contribution in [1.82, 2.24) is 0 Å². The number of carbonyl (C=O) groups is 2. The third-order valence-electron chi connectivity index (χ3n) is 4.26. The molecule has 0 aliphatic rings. The molecule has 2 aromatic carbocycles. The second-order valence-corrected chi connectivity index (χ2v) is 7.26. The minimum Gasteiger partial charge on any atom is -0.494 e. The monoisotopic (exact) mass is 497 g/mol. The number of Topliss-reactive ketones (excluding diaryl/α,β-unsaturated/α-hetero) is 1. The van der Waals surface area contributed by atoms with Gasteiger partial charge in [-0.3, -0.25) is 9.59 Å². The summed E-state index contributed by atoms with van der Waals surface area (Å²) in [4.78, 5) is 25.0. The Kier molecular flexibility index (Phi) is 9.74. The van der Waals surface area contributed by atoms with Gasteiger partial charge in [-0.25, -0.2) is 0 Å². The average Bonchev–Trinajstić information content (AvgIpc) is 2.78.